The second-order valence-corrected chi connectivity index (χ2v) is 10.9. The molecular formula is C24H23F3N6O2S2. The van der Waals surface area contributed by atoms with E-state index in [4.69, 9.17) is 5.14 Å². The number of nitrogens with zero attached hydrogens (tertiary/aromatic N) is 5. The number of amidine groups is 1. The third kappa shape index (κ3) is 5.49. The van der Waals surface area contributed by atoms with Gasteiger partial charge in [0.1, 0.15) is 11.0 Å². The highest BCUT2D eigenvalue weighted by Crippen LogP contribution is 2.34. The summed E-state index contributed by atoms with van der Waals surface area (Å²) in [5.74, 6) is -0.281. The summed E-state index contributed by atoms with van der Waals surface area (Å²) >= 11 is 1.35. The molecule has 1 unspecified atom stereocenters. The first-order valence-corrected chi connectivity index (χ1v) is 13.4. The van der Waals surface area contributed by atoms with Gasteiger partial charge >= 0.3 is 6.18 Å². The molecule has 1 amide bonds. The van der Waals surface area contributed by atoms with Gasteiger partial charge in [-0.1, -0.05) is 12.1 Å². The first-order chi connectivity index (χ1) is 17.6. The van der Waals surface area contributed by atoms with E-state index in [9.17, 15) is 22.2 Å². The van der Waals surface area contributed by atoms with E-state index in [1.807, 2.05) is 6.07 Å². The summed E-state index contributed by atoms with van der Waals surface area (Å²) in [7, 11) is 0.0385. The van der Waals surface area contributed by atoms with Gasteiger partial charge in [-0.15, -0.1) is 0 Å². The maximum atomic E-state index is 13.7. The van der Waals surface area contributed by atoms with Crippen LogP contribution in [0.1, 0.15) is 16.7 Å². The highest BCUT2D eigenvalue weighted by atomic mass is 32.2. The second-order valence-electron chi connectivity index (χ2n) is 8.84. The van der Waals surface area contributed by atoms with Crippen LogP contribution in [0.4, 0.5) is 13.2 Å². The van der Waals surface area contributed by atoms with Crippen molar-refractivity contribution in [2.24, 2.45) is 10.1 Å². The number of nitrogens with two attached hydrogens (primary N) is 1. The van der Waals surface area contributed by atoms with Crippen molar-refractivity contribution in [2.75, 3.05) is 33.2 Å². The molecule has 0 aliphatic carbocycles. The summed E-state index contributed by atoms with van der Waals surface area (Å²) in [6.07, 6.45) is -1.29. The summed E-state index contributed by atoms with van der Waals surface area (Å²) in [5.41, 5.74) is 0.492. The van der Waals surface area contributed by atoms with Gasteiger partial charge in [-0.2, -0.15) is 23.3 Å². The van der Waals surface area contributed by atoms with Gasteiger partial charge in [-0.25, -0.2) is 9.35 Å². The highest BCUT2D eigenvalue weighted by molar-refractivity contribution is 8.18. The zero-order valence-corrected chi connectivity index (χ0v) is 21.4. The molecule has 1 saturated heterocycles. The summed E-state index contributed by atoms with van der Waals surface area (Å²) in [5, 5.41) is 11.0. The van der Waals surface area contributed by atoms with Gasteiger partial charge in [-0.05, 0) is 60.3 Å². The number of likely N-dealkylation sites (N-methyl/N-ethyl adjacent to an activating group) is 1. The number of aromatic nitrogens is 2. The number of piperazine rings is 1. The standard InChI is InChI=1S/C24H23F3N6O2S2/c1-31-6-8-32(9-7-31)23-30-22(34)21(36-23)11-15-2-5-20-17(10-15)13-29-33(20)14-16-3-4-18(37(28)35)12-19(16)24(25,26)27/h2-5,10-13H,6-9,14,28H2,1H3/b21-11-. The monoisotopic (exact) mass is 548 g/mol. The van der Waals surface area contributed by atoms with Gasteiger partial charge in [-0.3, -0.25) is 9.48 Å². The molecule has 194 valence electrons. The number of fused-ring (bicyclic) bond motifs is 1. The topological polar surface area (TPSA) is 96.8 Å². The summed E-state index contributed by atoms with van der Waals surface area (Å²) in [4.78, 5) is 21.5. The number of carbonyl (C=O) groups is 1. The lowest BCUT2D eigenvalue weighted by Crippen LogP contribution is -2.46. The fourth-order valence-electron chi connectivity index (χ4n) is 4.25. The van der Waals surface area contributed by atoms with Gasteiger partial charge < -0.3 is 9.80 Å². The molecule has 2 aliphatic heterocycles. The van der Waals surface area contributed by atoms with Gasteiger partial charge in [0, 0.05) is 31.6 Å². The highest BCUT2D eigenvalue weighted by Gasteiger charge is 2.34. The predicted octanol–water partition coefficient (Wildman–Crippen LogP) is 3.30. The Morgan fingerprint density at radius 1 is 1.14 bits per heavy atom. The molecule has 2 aromatic carbocycles. The first kappa shape index (κ1) is 25.6. The van der Waals surface area contributed by atoms with Crippen LogP contribution in [0, 0.1) is 0 Å². The smallest absolute Gasteiger partial charge is 0.348 e. The molecular weight excluding hydrogens is 525 g/mol. The maximum absolute atomic E-state index is 13.7. The Labute approximate surface area is 217 Å². The lowest BCUT2D eigenvalue weighted by Gasteiger charge is -2.32. The van der Waals surface area contributed by atoms with Crippen molar-refractivity contribution in [3.63, 3.8) is 0 Å². The second kappa shape index (κ2) is 10.0. The van der Waals surface area contributed by atoms with Crippen molar-refractivity contribution in [3.05, 3.63) is 64.2 Å². The molecule has 0 spiro atoms. The Balaban J connectivity index is 1.36. The van der Waals surface area contributed by atoms with Crippen molar-refractivity contribution in [1.82, 2.24) is 19.6 Å². The fraction of sp³-hybridized carbons (Fsp3) is 0.292. The van der Waals surface area contributed by atoms with Crippen molar-refractivity contribution in [1.29, 1.82) is 0 Å². The third-order valence-corrected chi connectivity index (χ3v) is 8.05. The van der Waals surface area contributed by atoms with E-state index in [0.29, 0.717) is 15.6 Å². The molecule has 1 fully saturated rings. The molecule has 13 heteroatoms. The molecule has 1 aromatic heterocycles. The Bertz CT molecular complexity index is 1460. The van der Waals surface area contributed by atoms with Crippen molar-refractivity contribution >= 4 is 50.8 Å². The van der Waals surface area contributed by atoms with Crippen LogP contribution in [0.2, 0.25) is 0 Å². The minimum absolute atomic E-state index is 0.0144. The molecule has 37 heavy (non-hydrogen) atoms. The van der Waals surface area contributed by atoms with Crippen LogP contribution in [0.25, 0.3) is 17.0 Å². The molecule has 5 rings (SSSR count). The fourth-order valence-corrected chi connectivity index (χ4v) is 5.65. The lowest BCUT2D eigenvalue weighted by molar-refractivity contribution is -0.138. The summed E-state index contributed by atoms with van der Waals surface area (Å²) < 4.78 is 53.9. The summed E-state index contributed by atoms with van der Waals surface area (Å²) in [6.45, 7) is 3.32. The van der Waals surface area contributed by atoms with Gasteiger partial charge in [0.25, 0.3) is 5.91 Å². The molecule has 1 atom stereocenters. The minimum atomic E-state index is -4.64. The largest absolute Gasteiger partial charge is 0.416 e. The molecule has 0 radical (unpaired) electrons. The van der Waals surface area contributed by atoms with E-state index in [1.54, 1.807) is 24.4 Å². The number of amides is 1. The maximum Gasteiger partial charge on any atom is 0.416 e. The van der Waals surface area contributed by atoms with Crippen LogP contribution in [0.15, 0.2) is 57.4 Å². The van der Waals surface area contributed by atoms with E-state index in [-0.39, 0.29) is 22.9 Å². The van der Waals surface area contributed by atoms with Gasteiger partial charge in [0.15, 0.2) is 5.17 Å². The van der Waals surface area contributed by atoms with Crippen molar-refractivity contribution in [2.45, 2.75) is 17.6 Å². The van der Waals surface area contributed by atoms with Gasteiger partial charge in [0.05, 0.1) is 33.6 Å². The van der Waals surface area contributed by atoms with Crippen LogP contribution in [0.3, 0.4) is 0 Å². The predicted molar refractivity (Wildman–Crippen MR) is 138 cm³/mol. The van der Waals surface area contributed by atoms with Crippen LogP contribution in [-0.2, 0) is 28.5 Å². The van der Waals surface area contributed by atoms with E-state index in [0.717, 1.165) is 43.2 Å². The molecule has 2 aliphatic rings. The van der Waals surface area contributed by atoms with E-state index >= 15 is 0 Å². The Morgan fingerprint density at radius 3 is 2.59 bits per heavy atom. The number of aliphatic imine (C=N–C) groups is 1. The van der Waals surface area contributed by atoms with Crippen molar-refractivity contribution in [3.8, 4) is 0 Å². The molecule has 3 aromatic rings. The third-order valence-electron chi connectivity index (χ3n) is 6.29. The zero-order valence-electron chi connectivity index (χ0n) is 19.7. The SMILES string of the molecule is CN1CCN(C2=NC(=O)/C(=C/c3ccc4c(cnn4Cc4ccc(S(N)=O)cc4C(F)(F)F)c3)S2)CC1. The number of carbonyl (C=O) groups excluding carboxylic acids is 1. The van der Waals surface area contributed by atoms with E-state index < -0.39 is 22.7 Å². The number of alkyl halides is 3. The van der Waals surface area contributed by atoms with Crippen molar-refractivity contribution < 1.29 is 22.2 Å². The number of rotatable bonds is 4. The Morgan fingerprint density at radius 2 is 1.89 bits per heavy atom. The normalized spacial score (nSPS) is 19.2. The molecule has 3 heterocycles. The molecule has 0 bridgehead atoms. The van der Waals surface area contributed by atoms with Crippen LogP contribution in [-0.4, -0.2) is 68.1 Å². The molecule has 2 N–H and O–H groups in total. The van der Waals surface area contributed by atoms with Crippen LogP contribution >= 0.6 is 11.8 Å². The molecule has 8 nitrogen and oxygen atoms in total. The van der Waals surface area contributed by atoms with Crippen LogP contribution < -0.4 is 5.14 Å². The van der Waals surface area contributed by atoms with E-state index in [1.165, 1.54) is 28.6 Å². The quantitative estimate of drug-likeness (QED) is 0.503. The van der Waals surface area contributed by atoms with Gasteiger partial charge in [0.2, 0.25) is 0 Å². The lowest BCUT2D eigenvalue weighted by atomic mass is 10.1. The molecule has 0 saturated carbocycles. The first-order valence-electron chi connectivity index (χ1n) is 11.4. The van der Waals surface area contributed by atoms with Crippen LogP contribution in [0.5, 0.6) is 0 Å². The number of halogens is 3. The summed E-state index contributed by atoms with van der Waals surface area (Å²) in [6, 6.07) is 8.80. The average molecular weight is 549 g/mol. The Hall–Kier alpha value is -3.00. The van der Waals surface area contributed by atoms with E-state index in [2.05, 4.69) is 26.9 Å². The number of hydrogen-bond donors (Lipinski definition) is 1. The minimum Gasteiger partial charge on any atom is -0.348 e. The number of thioether (sulfide) groups is 1. The average Bonchev–Trinajstić information content (AvgIpc) is 3.42. The number of hydrogen-bond acceptors (Lipinski definition) is 6. The number of benzene rings is 2. The Kier molecular flexibility index (Phi) is 6.96. The zero-order chi connectivity index (χ0) is 26.3.